The predicted molar refractivity (Wildman–Crippen MR) is 58.2 cm³/mol. The highest BCUT2D eigenvalue weighted by Gasteiger charge is 2.20. The summed E-state index contributed by atoms with van der Waals surface area (Å²) in [6.07, 6.45) is 5.94. The van der Waals surface area contributed by atoms with Crippen LogP contribution in [-0.4, -0.2) is 15.2 Å². The van der Waals surface area contributed by atoms with E-state index in [4.69, 9.17) is 0 Å². The molecule has 1 aliphatic carbocycles. The van der Waals surface area contributed by atoms with Crippen LogP contribution < -0.4 is 0 Å². The first kappa shape index (κ1) is 8.41. The van der Waals surface area contributed by atoms with Gasteiger partial charge >= 0.3 is 0 Å². The highest BCUT2D eigenvalue weighted by molar-refractivity contribution is 9.10. The molecule has 0 saturated heterocycles. The number of aromatic nitrogens is 3. The number of nitrogens with zero attached hydrogens (tertiary/aromatic N) is 2. The summed E-state index contributed by atoms with van der Waals surface area (Å²) in [6.45, 7) is 0. The summed E-state index contributed by atoms with van der Waals surface area (Å²) in [7, 11) is 0. The van der Waals surface area contributed by atoms with Gasteiger partial charge in [-0.1, -0.05) is 6.42 Å². The number of aromatic amines is 1. The lowest BCUT2D eigenvalue weighted by Gasteiger charge is -2.25. The van der Waals surface area contributed by atoms with Gasteiger partial charge in [-0.3, -0.25) is 10.1 Å². The number of nitrogens with one attached hydrogen (secondary N) is 1. The molecule has 1 aliphatic rings. The van der Waals surface area contributed by atoms with Crippen molar-refractivity contribution < 1.29 is 0 Å². The van der Waals surface area contributed by atoms with E-state index < -0.39 is 0 Å². The van der Waals surface area contributed by atoms with E-state index in [1.807, 2.05) is 6.20 Å². The van der Waals surface area contributed by atoms with Crippen LogP contribution in [0.2, 0.25) is 0 Å². The second-order valence-corrected chi connectivity index (χ2v) is 4.59. The van der Waals surface area contributed by atoms with Gasteiger partial charge in [0.15, 0.2) is 0 Å². The molecular weight excluding hydrogens is 242 g/mol. The molecule has 0 aromatic carbocycles. The molecule has 1 N–H and O–H groups in total. The molecule has 2 heterocycles. The van der Waals surface area contributed by atoms with Crippen LogP contribution in [0.1, 0.15) is 30.7 Å². The summed E-state index contributed by atoms with van der Waals surface area (Å²) < 4.78 is 0.868. The van der Waals surface area contributed by atoms with Gasteiger partial charge in [0.25, 0.3) is 0 Å². The summed E-state index contributed by atoms with van der Waals surface area (Å²) in [5.74, 6) is 0.724. The zero-order valence-corrected chi connectivity index (χ0v) is 9.21. The Bertz CT molecular complexity index is 473. The summed E-state index contributed by atoms with van der Waals surface area (Å²) in [5.41, 5.74) is 3.22. The van der Waals surface area contributed by atoms with Gasteiger partial charge in [0.1, 0.15) is 15.6 Å². The molecule has 0 aliphatic heterocycles. The molecule has 1 fully saturated rings. The Morgan fingerprint density at radius 3 is 3.00 bits per heavy atom. The highest BCUT2D eigenvalue weighted by atomic mass is 79.9. The van der Waals surface area contributed by atoms with E-state index in [1.165, 1.54) is 24.8 Å². The number of fused-ring (bicyclic) bond motifs is 1. The molecule has 2 aromatic rings. The first-order chi connectivity index (χ1) is 6.84. The quantitative estimate of drug-likeness (QED) is 0.847. The molecule has 0 atom stereocenters. The average Bonchev–Trinajstić information content (AvgIpc) is 2.45. The molecule has 3 rings (SSSR count). The standard InChI is InChI=1S/C10H10BrN3/c11-10-9-8(13-14-10)4-7(5-12-9)6-2-1-3-6/h4-6H,1-3H2,(H,13,14). The smallest absolute Gasteiger partial charge is 0.127 e. The van der Waals surface area contributed by atoms with E-state index in [0.717, 1.165) is 21.6 Å². The summed E-state index contributed by atoms with van der Waals surface area (Å²) >= 11 is 3.38. The first-order valence-electron chi connectivity index (χ1n) is 4.84. The van der Waals surface area contributed by atoms with Crippen molar-refractivity contribution in [2.75, 3.05) is 0 Å². The summed E-state index contributed by atoms with van der Waals surface area (Å²) in [6, 6.07) is 2.15. The van der Waals surface area contributed by atoms with E-state index in [2.05, 4.69) is 37.2 Å². The van der Waals surface area contributed by atoms with E-state index in [1.54, 1.807) is 0 Å². The number of hydrogen-bond acceptors (Lipinski definition) is 2. The zero-order valence-electron chi connectivity index (χ0n) is 7.63. The van der Waals surface area contributed by atoms with Crippen molar-refractivity contribution in [2.24, 2.45) is 0 Å². The summed E-state index contributed by atoms with van der Waals surface area (Å²) in [4.78, 5) is 4.40. The molecule has 0 amide bonds. The number of hydrogen-bond donors (Lipinski definition) is 1. The topological polar surface area (TPSA) is 41.6 Å². The number of rotatable bonds is 1. The van der Waals surface area contributed by atoms with Gasteiger partial charge in [0, 0.05) is 6.20 Å². The van der Waals surface area contributed by atoms with E-state index >= 15 is 0 Å². The van der Waals surface area contributed by atoms with Gasteiger partial charge in [-0.05, 0) is 46.3 Å². The van der Waals surface area contributed by atoms with Crippen LogP contribution in [0.5, 0.6) is 0 Å². The van der Waals surface area contributed by atoms with E-state index in [-0.39, 0.29) is 0 Å². The fourth-order valence-electron chi connectivity index (χ4n) is 1.85. The Kier molecular flexibility index (Phi) is 1.83. The third kappa shape index (κ3) is 1.17. The Morgan fingerprint density at radius 1 is 1.43 bits per heavy atom. The van der Waals surface area contributed by atoms with Crippen molar-refractivity contribution in [1.29, 1.82) is 0 Å². The normalized spacial score (nSPS) is 17.2. The molecule has 3 nitrogen and oxygen atoms in total. The number of pyridine rings is 1. The number of halogens is 1. The van der Waals surface area contributed by atoms with Crippen molar-refractivity contribution in [1.82, 2.24) is 15.2 Å². The van der Waals surface area contributed by atoms with E-state index in [9.17, 15) is 0 Å². The van der Waals surface area contributed by atoms with Gasteiger partial charge in [0.2, 0.25) is 0 Å². The molecule has 0 bridgehead atoms. The molecule has 72 valence electrons. The first-order valence-corrected chi connectivity index (χ1v) is 5.63. The fraction of sp³-hybridized carbons (Fsp3) is 0.400. The van der Waals surface area contributed by atoms with Crippen LogP contribution in [0, 0.1) is 0 Å². The van der Waals surface area contributed by atoms with Crippen molar-refractivity contribution in [3.8, 4) is 0 Å². The van der Waals surface area contributed by atoms with Gasteiger partial charge in [0.05, 0.1) is 0 Å². The van der Waals surface area contributed by atoms with Gasteiger partial charge in [-0.25, -0.2) is 0 Å². The van der Waals surface area contributed by atoms with Crippen molar-refractivity contribution in [2.45, 2.75) is 25.2 Å². The van der Waals surface area contributed by atoms with Gasteiger partial charge < -0.3 is 0 Å². The molecule has 0 spiro atoms. The number of H-pyrrole nitrogens is 1. The second-order valence-electron chi connectivity index (χ2n) is 3.80. The molecule has 1 saturated carbocycles. The minimum atomic E-state index is 0.724. The average molecular weight is 252 g/mol. The molecule has 0 unspecified atom stereocenters. The van der Waals surface area contributed by atoms with Gasteiger partial charge in [-0.15, -0.1) is 0 Å². The third-order valence-corrected chi connectivity index (χ3v) is 3.50. The van der Waals surface area contributed by atoms with Crippen LogP contribution >= 0.6 is 15.9 Å². The molecular formula is C10H10BrN3. The van der Waals surface area contributed by atoms with E-state index in [0.29, 0.717) is 0 Å². The van der Waals surface area contributed by atoms with Crippen molar-refractivity contribution >= 4 is 27.0 Å². The predicted octanol–water partition coefficient (Wildman–Crippen LogP) is 2.99. The Labute approximate surface area is 90.1 Å². The fourth-order valence-corrected chi connectivity index (χ4v) is 2.24. The van der Waals surface area contributed by atoms with Crippen molar-refractivity contribution in [3.63, 3.8) is 0 Å². The van der Waals surface area contributed by atoms with Crippen molar-refractivity contribution in [3.05, 3.63) is 22.4 Å². The molecule has 2 aromatic heterocycles. The monoisotopic (exact) mass is 251 g/mol. The van der Waals surface area contributed by atoms with Crippen LogP contribution in [0.15, 0.2) is 16.9 Å². The lowest BCUT2D eigenvalue weighted by molar-refractivity contribution is 0.419. The summed E-state index contributed by atoms with van der Waals surface area (Å²) in [5, 5.41) is 7.07. The Hall–Kier alpha value is -0.900. The highest BCUT2D eigenvalue weighted by Crippen LogP contribution is 2.36. The van der Waals surface area contributed by atoms with Crippen LogP contribution in [0.3, 0.4) is 0 Å². The maximum atomic E-state index is 4.40. The molecule has 14 heavy (non-hydrogen) atoms. The zero-order chi connectivity index (χ0) is 9.54. The SMILES string of the molecule is Brc1[nH]nc2cc(C3CCC3)cnc12. The lowest BCUT2D eigenvalue weighted by Crippen LogP contribution is -2.08. The third-order valence-electron chi connectivity index (χ3n) is 2.95. The van der Waals surface area contributed by atoms with Crippen LogP contribution in [0.4, 0.5) is 0 Å². The van der Waals surface area contributed by atoms with Gasteiger partial charge in [-0.2, -0.15) is 5.10 Å². The van der Waals surface area contributed by atoms with Crippen LogP contribution in [-0.2, 0) is 0 Å². The lowest BCUT2D eigenvalue weighted by atomic mass is 9.81. The second kappa shape index (κ2) is 3.05. The Balaban J connectivity index is 2.10. The maximum Gasteiger partial charge on any atom is 0.127 e. The molecule has 4 heteroatoms. The van der Waals surface area contributed by atoms with Crippen LogP contribution in [0.25, 0.3) is 11.0 Å². The largest absolute Gasteiger partial charge is 0.269 e. The minimum absolute atomic E-state index is 0.724. The maximum absolute atomic E-state index is 4.40. The minimum Gasteiger partial charge on any atom is -0.269 e. The Morgan fingerprint density at radius 2 is 2.29 bits per heavy atom. The molecule has 0 radical (unpaired) electrons.